The molecule has 0 bridgehead atoms. The lowest BCUT2D eigenvalue weighted by Gasteiger charge is -2.10. The Morgan fingerprint density at radius 2 is 2.50 bits per heavy atom. The van der Waals surface area contributed by atoms with Crippen molar-refractivity contribution in [2.45, 2.75) is 12.6 Å². The first kappa shape index (κ1) is 12.1. The molecule has 0 saturated carbocycles. The Balaban J connectivity index is 2.29. The Bertz CT molecular complexity index is 538. The van der Waals surface area contributed by atoms with E-state index in [1.54, 1.807) is 0 Å². The number of carbonyl (C=O) groups is 1. The first-order chi connectivity index (χ1) is 8.58. The van der Waals surface area contributed by atoms with Crippen LogP contribution < -0.4 is 9.47 Å². The normalized spacial score (nSPS) is 21.1. The predicted molar refractivity (Wildman–Crippen MR) is 58.7 cm³/mol. The first-order valence-electron chi connectivity index (χ1n) is 5.25. The first-order valence-corrected chi connectivity index (χ1v) is 5.25. The predicted octanol–water partition coefficient (Wildman–Crippen LogP) is -0.265. The number of aromatic nitrogens is 1. The van der Waals surface area contributed by atoms with Crippen molar-refractivity contribution in [3.05, 3.63) is 28.6 Å². The molecule has 1 saturated heterocycles. The van der Waals surface area contributed by atoms with Crippen molar-refractivity contribution in [2.24, 2.45) is 0 Å². The molecule has 0 aromatic carbocycles. The van der Waals surface area contributed by atoms with E-state index in [0.717, 1.165) is 0 Å². The SMILES string of the molecule is COc1c(CN2CC2C#N)ccc(C(=O)O)[n+]1[O-]. The number of aromatic carboxylic acids is 1. The van der Waals surface area contributed by atoms with Gasteiger partial charge in [-0.25, -0.2) is 4.79 Å². The second-order valence-electron chi connectivity index (χ2n) is 3.93. The number of carboxylic acid groups (broad SMARTS) is 1. The lowest BCUT2D eigenvalue weighted by atomic mass is 10.2. The van der Waals surface area contributed by atoms with Gasteiger partial charge in [0.15, 0.2) is 0 Å². The van der Waals surface area contributed by atoms with Gasteiger partial charge in [-0.15, -0.1) is 4.73 Å². The standard InChI is InChI=1S/C11H11N3O4/c1-18-10-7(5-13-6-8(13)4-12)2-3-9(11(15)16)14(10)17/h2-3,8H,5-6H2,1H3,(H,15,16). The van der Waals surface area contributed by atoms with Crippen LogP contribution in [0.25, 0.3) is 0 Å². The fourth-order valence-corrected chi connectivity index (χ4v) is 1.74. The van der Waals surface area contributed by atoms with Crippen molar-refractivity contribution in [2.75, 3.05) is 13.7 Å². The molecular formula is C11H11N3O4. The molecule has 0 spiro atoms. The Hall–Kier alpha value is -2.33. The van der Waals surface area contributed by atoms with E-state index >= 15 is 0 Å². The minimum Gasteiger partial charge on any atom is -0.615 e. The van der Waals surface area contributed by atoms with Crippen LogP contribution in [-0.4, -0.2) is 35.7 Å². The fraction of sp³-hybridized carbons (Fsp3) is 0.364. The maximum absolute atomic E-state index is 11.7. The molecule has 0 radical (unpaired) electrons. The van der Waals surface area contributed by atoms with E-state index in [1.807, 2.05) is 4.90 Å². The monoisotopic (exact) mass is 249 g/mol. The summed E-state index contributed by atoms with van der Waals surface area (Å²) in [7, 11) is 1.31. The summed E-state index contributed by atoms with van der Waals surface area (Å²) < 4.78 is 5.19. The van der Waals surface area contributed by atoms with Gasteiger partial charge in [-0.3, -0.25) is 4.90 Å². The van der Waals surface area contributed by atoms with Crippen LogP contribution in [-0.2, 0) is 6.54 Å². The molecule has 2 unspecified atom stereocenters. The van der Waals surface area contributed by atoms with Crippen LogP contribution in [0, 0.1) is 16.5 Å². The summed E-state index contributed by atoms with van der Waals surface area (Å²) in [5, 5.41) is 29.2. The zero-order valence-electron chi connectivity index (χ0n) is 9.66. The average molecular weight is 249 g/mol. The quantitative estimate of drug-likeness (QED) is 0.448. The number of hydrogen-bond donors (Lipinski definition) is 1. The molecule has 18 heavy (non-hydrogen) atoms. The number of ether oxygens (including phenoxy) is 1. The smallest absolute Gasteiger partial charge is 0.402 e. The topological polar surface area (TPSA) is 100 Å². The van der Waals surface area contributed by atoms with Gasteiger partial charge in [0.1, 0.15) is 6.04 Å². The number of nitriles is 1. The third kappa shape index (κ3) is 2.06. The van der Waals surface area contributed by atoms with E-state index in [1.165, 1.54) is 19.2 Å². The van der Waals surface area contributed by atoms with E-state index in [4.69, 9.17) is 15.1 Å². The number of methoxy groups -OCH3 is 1. The van der Waals surface area contributed by atoms with Crippen molar-refractivity contribution in [3.8, 4) is 11.9 Å². The summed E-state index contributed by atoms with van der Waals surface area (Å²) in [6, 6.07) is 4.73. The Morgan fingerprint density at radius 3 is 3.00 bits per heavy atom. The fourth-order valence-electron chi connectivity index (χ4n) is 1.74. The van der Waals surface area contributed by atoms with Gasteiger partial charge in [-0.2, -0.15) is 5.26 Å². The van der Waals surface area contributed by atoms with Gasteiger partial charge in [0, 0.05) is 19.2 Å². The van der Waals surface area contributed by atoms with Crippen molar-refractivity contribution >= 4 is 5.97 Å². The summed E-state index contributed by atoms with van der Waals surface area (Å²) in [4.78, 5) is 12.6. The second kappa shape index (κ2) is 4.50. The molecule has 1 aliphatic rings. The van der Waals surface area contributed by atoms with Crippen LogP contribution >= 0.6 is 0 Å². The third-order valence-corrected chi connectivity index (χ3v) is 2.77. The van der Waals surface area contributed by atoms with Crippen LogP contribution in [0.15, 0.2) is 12.1 Å². The Kier molecular flexibility index (Phi) is 3.04. The summed E-state index contributed by atoms with van der Waals surface area (Å²) in [6.45, 7) is 1.04. The van der Waals surface area contributed by atoms with Crippen LogP contribution in [0.5, 0.6) is 5.88 Å². The summed E-state index contributed by atoms with van der Waals surface area (Å²) in [6.07, 6.45) is 0. The van der Waals surface area contributed by atoms with Gasteiger partial charge < -0.3 is 15.1 Å². The summed E-state index contributed by atoms with van der Waals surface area (Å²) in [5.41, 5.74) is 0.175. The van der Waals surface area contributed by atoms with Crippen LogP contribution in [0.1, 0.15) is 16.1 Å². The zero-order valence-corrected chi connectivity index (χ0v) is 9.66. The highest BCUT2D eigenvalue weighted by molar-refractivity contribution is 5.83. The number of nitrogens with zero attached hydrogens (tertiary/aromatic N) is 3. The van der Waals surface area contributed by atoms with Gasteiger partial charge in [0.05, 0.1) is 18.7 Å². The molecule has 1 fully saturated rings. The molecule has 1 aromatic heterocycles. The second-order valence-corrected chi connectivity index (χ2v) is 3.93. The number of pyridine rings is 1. The zero-order chi connectivity index (χ0) is 13.3. The molecule has 7 nitrogen and oxygen atoms in total. The lowest BCUT2D eigenvalue weighted by Crippen LogP contribution is -2.37. The van der Waals surface area contributed by atoms with Gasteiger partial charge in [0.25, 0.3) is 0 Å². The van der Waals surface area contributed by atoms with Crippen LogP contribution in [0.4, 0.5) is 0 Å². The molecule has 0 aliphatic carbocycles. The van der Waals surface area contributed by atoms with E-state index in [-0.39, 0.29) is 16.7 Å². The minimum atomic E-state index is -1.31. The Labute approximate surface area is 103 Å². The summed E-state index contributed by atoms with van der Waals surface area (Å²) >= 11 is 0. The molecular weight excluding hydrogens is 238 g/mol. The number of hydrogen-bond acceptors (Lipinski definition) is 5. The van der Waals surface area contributed by atoms with Gasteiger partial charge >= 0.3 is 17.5 Å². The molecule has 0 amide bonds. The molecule has 94 valence electrons. The molecule has 2 atom stereocenters. The van der Waals surface area contributed by atoms with Gasteiger partial charge in [0.2, 0.25) is 0 Å². The van der Waals surface area contributed by atoms with Crippen LogP contribution in [0.3, 0.4) is 0 Å². The highest BCUT2D eigenvalue weighted by Crippen LogP contribution is 2.24. The van der Waals surface area contributed by atoms with Crippen molar-refractivity contribution in [3.63, 3.8) is 0 Å². The molecule has 2 heterocycles. The van der Waals surface area contributed by atoms with Crippen molar-refractivity contribution in [1.29, 1.82) is 5.26 Å². The van der Waals surface area contributed by atoms with E-state index in [2.05, 4.69) is 6.07 Å². The van der Waals surface area contributed by atoms with E-state index < -0.39 is 11.7 Å². The molecule has 2 rings (SSSR count). The van der Waals surface area contributed by atoms with E-state index in [0.29, 0.717) is 18.7 Å². The van der Waals surface area contributed by atoms with Crippen molar-refractivity contribution < 1.29 is 19.4 Å². The summed E-state index contributed by atoms with van der Waals surface area (Å²) in [5.74, 6) is -1.35. The van der Waals surface area contributed by atoms with E-state index in [9.17, 15) is 10.0 Å². The highest BCUT2D eigenvalue weighted by atomic mass is 16.5. The molecule has 1 aromatic rings. The molecule has 1 aliphatic heterocycles. The maximum atomic E-state index is 11.7. The molecule has 1 N–H and O–H groups in total. The van der Waals surface area contributed by atoms with Crippen molar-refractivity contribution in [1.82, 2.24) is 4.90 Å². The maximum Gasteiger partial charge on any atom is 0.402 e. The highest BCUT2D eigenvalue weighted by Gasteiger charge is 2.36. The van der Waals surface area contributed by atoms with Crippen LogP contribution in [0.2, 0.25) is 0 Å². The van der Waals surface area contributed by atoms with Gasteiger partial charge in [-0.05, 0) is 6.07 Å². The number of carboxylic acids is 1. The molecule has 7 heteroatoms. The Morgan fingerprint density at radius 1 is 1.78 bits per heavy atom. The van der Waals surface area contributed by atoms with Gasteiger partial charge in [-0.1, -0.05) is 0 Å². The largest absolute Gasteiger partial charge is 0.615 e. The average Bonchev–Trinajstić information content (AvgIpc) is 3.07. The third-order valence-electron chi connectivity index (χ3n) is 2.77. The number of rotatable bonds is 4. The lowest BCUT2D eigenvalue weighted by molar-refractivity contribution is -0.615. The minimum absolute atomic E-state index is 0.0431.